The van der Waals surface area contributed by atoms with Crippen LogP contribution in [0.3, 0.4) is 0 Å². The highest BCUT2D eigenvalue weighted by molar-refractivity contribution is 5.82. The number of carbonyl (C=O) groups excluding carboxylic acids is 2. The van der Waals surface area contributed by atoms with Crippen LogP contribution in [0.5, 0.6) is 0 Å². The molecule has 2 aromatic rings. The summed E-state index contributed by atoms with van der Waals surface area (Å²) in [5.74, 6) is -0.344. The molecular formula is C26H31FN4O2. The number of piperazine rings is 1. The number of nitrogens with zero attached hydrogens (tertiary/aromatic N) is 3. The smallest absolute Gasteiger partial charge is 0.236 e. The summed E-state index contributed by atoms with van der Waals surface area (Å²) in [5, 5.41) is 3.03. The molecule has 1 N–H and O–H groups in total. The molecule has 0 aliphatic carbocycles. The first kappa shape index (κ1) is 21.9. The van der Waals surface area contributed by atoms with Gasteiger partial charge in [0.15, 0.2) is 0 Å². The van der Waals surface area contributed by atoms with E-state index in [0.717, 1.165) is 44.6 Å². The maximum absolute atomic E-state index is 13.5. The zero-order valence-corrected chi connectivity index (χ0v) is 18.9. The van der Waals surface area contributed by atoms with Gasteiger partial charge in [-0.15, -0.1) is 0 Å². The lowest BCUT2D eigenvalue weighted by Crippen LogP contribution is -2.62. The largest absolute Gasteiger partial charge is 0.365 e. The summed E-state index contributed by atoms with van der Waals surface area (Å²) in [6.45, 7) is 4.74. The van der Waals surface area contributed by atoms with Crippen LogP contribution in [-0.4, -0.2) is 66.9 Å². The summed E-state index contributed by atoms with van der Waals surface area (Å²) in [7, 11) is 0. The van der Waals surface area contributed by atoms with Crippen molar-refractivity contribution in [1.29, 1.82) is 0 Å². The number of amides is 2. The average molecular weight is 451 g/mol. The number of hydrogen-bond acceptors (Lipinski definition) is 4. The Labute approximate surface area is 194 Å². The predicted molar refractivity (Wildman–Crippen MR) is 125 cm³/mol. The monoisotopic (exact) mass is 450 g/mol. The van der Waals surface area contributed by atoms with Crippen molar-refractivity contribution in [2.24, 2.45) is 5.92 Å². The molecule has 2 atom stereocenters. The van der Waals surface area contributed by atoms with Crippen LogP contribution in [0.4, 0.5) is 10.1 Å². The molecule has 3 aliphatic rings. The second kappa shape index (κ2) is 9.51. The van der Waals surface area contributed by atoms with Crippen molar-refractivity contribution in [3.63, 3.8) is 0 Å². The highest BCUT2D eigenvalue weighted by Gasteiger charge is 2.41. The van der Waals surface area contributed by atoms with Crippen molar-refractivity contribution in [3.8, 4) is 0 Å². The van der Waals surface area contributed by atoms with Crippen LogP contribution < -0.4 is 10.2 Å². The number of nitrogens with one attached hydrogen (secondary N) is 1. The van der Waals surface area contributed by atoms with Gasteiger partial charge in [0.1, 0.15) is 5.82 Å². The fourth-order valence-electron chi connectivity index (χ4n) is 5.49. The Morgan fingerprint density at radius 3 is 2.64 bits per heavy atom. The Bertz CT molecular complexity index is 1020. The van der Waals surface area contributed by atoms with Crippen LogP contribution in [0.2, 0.25) is 0 Å². The second-order valence-corrected chi connectivity index (χ2v) is 9.37. The third-order valence-corrected chi connectivity index (χ3v) is 7.22. The van der Waals surface area contributed by atoms with Gasteiger partial charge in [-0.1, -0.05) is 30.3 Å². The molecule has 33 heavy (non-hydrogen) atoms. The van der Waals surface area contributed by atoms with Gasteiger partial charge < -0.3 is 15.1 Å². The van der Waals surface area contributed by atoms with Gasteiger partial charge in [0.05, 0.1) is 18.5 Å². The van der Waals surface area contributed by atoms with Gasteiger partial charge in [-0.25, -0.2) is 4.39 Å². The molecule has 7 heteroatoms. The van der Waals surface area contributed by atoms with Crippen molar-refractivity contribution in [3.05, 3.63) is 65.5 Å². The molecule has 3 aliphatic heterocycles. The fourth-order valence-corrected chi connectivity index (χ4v) is 5.49. The molecule has 2 amide bonds. The van der Waals surface area contributed by atoms with Gasteiger partial charge in [0.25, 0.3) is 0 Å². The van der Waals surface area contributed by atoms with Crippen LogP contribution in [0.25, 0.3) is 0 Å². The molecule has 174 valence electrons. The predicted octanol–water partition coefficient (Wildman–Crippen LogP) is 2.43. The van der Waals surface area contributed by atoms with Gasteiger partial charge in [0.2, 0.25) is 11.8 Å². The summed E-state index contributed by atoms with van der Waals surface area (Å²) in [6.07, 6.45) is 2.85. The van der Waals surface area contributed by atoms with Crippen LogP contribution in [0, 0.1) is 11.7 Å². The number of likely N-dealkylation sites (tertiary alicyclic amines) is 1. The minimum absolute atomic E-state index is 0.00698. The molecule has 6 nitrogen and oxygen atoms in total. The first-order chi connectivity index (χ1) is 16.1. The van der Waals surface area contributed by atoms with E-state index in [4.69, 9.17) is 0 Å². The van der Waals surface area contributed by atoms with Gasteiger partial charge in [0, 0.05) is 45.0 Å². The molecule has 0 spiro atoms. The second-order valence-electron chi connectivity index (χ2n) is 9.37. The van der Waals surface area contributed by atoms with Crippen LogP contribution in [0.15, 0.2) is 48.5 Å². The zero-order chi connectivity index (χ0) is 22.8. The molecule has 3 heterocycles. The normalized spacial score (nSPS) is 22.6. The Morgan fingerprint density at radius 2 is 1.82 bits per heavy atom. The summed E-state index contributed by atoms with van der Waals surface area (Å²) >= 11 is 0. The van der Waals surface area contributed by atoms with E-state index in [2.05, 4.69) is 27.2 Å². The lowest BCUT2D eigenvalue weighted by atomic mass is 9.83. The Kier molecular flexibility index (Phi) is 6.31. The summed E-state index contributed by atoms with van der Waals surface area (Å²) in [4.78, 5) is 32.6. The Balaban J connectivity index is 1.31. The van der Waals surface area contributed by atoms with E-state index in [0.29, 0.717) is 26.1 Å². The number of halogens is 1. The van der Waals surface area contributed by atoms with E-state index in [-0.39, 0.29) is 29.6 Å². The van der Waals surface area contributed by atoms with Crippen molar-refractivity contribution in [2.45, 2.75) is 31.8 Å². The van der Waals surface area contributed by atoms with Gasteiger partial charge in [-0.3, -0.25) is 14.5 Å². The molecule has 0 saturated carbocycles. The molecule has 0 radical (unpaired) electrons. The van der Waals surface area contributed by atoms with Crippen LogP contribution in [0.1, 0.15) is 24.0 Å². The van der Waals surface area contributed by atoms with E-state index >= 15 is 0 Å². The van der Waals surface area contributed by atoms with E-state index in [1.54, 1.807) is 6.07 Å². The van der Waals surface area contributed by atoms with Crippen LogP contribution >= 0.6 is 0 Å². The molecule has 5 rings (SSSR count). The topological polar surface area (TPSA) is 55.9 Å². The highest BCUT2D eigenvalue weighted by atomic mass is 19.1. The Hall–Kier alpha value is -2.93. The standard InChI is InChI=1S/C26H31FN4O2/c27-21-8-5-6-19(14-21)16-28-26(33)22-15-20-7-1-2-9-23(20)31-13-12-29(17-24(22)31)18-25(32)30-10-3-4-11-30/h1-2,5-9,14,22,24H,3-4,10-13,15-18H2,(H,28,33)/t22-,24-/m1/s1. The molecule has 0 unspecified atom stereocenters. The van der Waals surface area contributed by atoms with E-state index in [1.165, 1.54) is 23.4 Å². The minimum atomic E-state index is -0.301. The van der Waals surface area contributed by atoms with E-state index in [9.17, 15) is 14.0 Å². The van der Waals surface area contributed by atoms with Gasteiger partial charge in [-0.05, 0) is 48.6 Å². The SMILES string of the molecule is O=C(NCc1cccc(F)c1)[C@@H]1Cc2ccccc2N2CCN(CC(=O)N3CCCC3)C[C@H]12. The quantitative estimate of drug-likeness (QED) is 0.760. The molecule has 2 aromatic carbocycles. The first-order valence-electron chi connectivity index (χ1n) is 12.0. The van der Waals surface area contributed by atoms with E-state index in [1.807, 2.05) is 23.1 Å². The van der Waals surface area contributed by atoms with E-state index < -0.39 is 0 Å². The third kappa shape index (κ3) is 4.74. The minimum Gasteiger partial charge on any atom is -0.365 e. The van der Waals surface area contributed by atoms with Gasteiger partial charge in [-0.2, -0.15) is 0 Å². The summed E-state index contributed by atoms with van der Waals surface area (Å²) < 4.78 is 13.5. The molecule has 2 saturated heterocycles. The van der Waals surface area contributed by atoms with Crippen molar-refractivity contribution >= 4 is 17.5 Å². The number of carbonyl (C=O) groups is 2. The molecule has 0 aromatic heterocycles. The fraction of sp³-hybridized carbons (Fsp3) is 0.462. The lowest BCUT2D eigenvalue weighted by molar-refractivity contribution is -0.131. The number of rotatable bonds is 5. The van der Waals surface area contributed by atoms with Crippen LogP contribution in [-0.2, 0) is 22.6 Å². The summed E-state index contributed by atoms with van der Waals surface area (Å²) in [6, 6.07) is 14.6. The molecular weight excluding hydrogens is 419 g/mol. The molecule has 0 bridgehead atoms. The lowest BCUT2D eigenvalue weighted by Gasteiger charge is -2.49. The Morgan fingerprint density at radius 1 is 1.00 bits per heavy atom. The van der Waals surface area contributed by atoms with Gasteiger partial charge >= 0.3 is 0 Å². The first-order valence-corrected chi connectivity index (χ1v) is 12.0. The zero-order valence-electron chi connectivity index (χ0n) is 18.9. The average Bonchev–Trinajstić information content (AvgIpc) is 3.37. The third-order valence-electron chi connectivity index (χ3n) is 7.22. The number of anilines is 1. The van der Waals surface area contributed by atoms with Crippen molar-refractivity contribution < 1.29 is 14.0 Å². The highest BCUT2D eigenvalue weighted by Crippen LogP contribution is 2.36. The van der Waals surface area contributed by atoms with Crippen molar-refractivity contribution in [2.75, 3.05) is 44.2 Å². The molecule has 2 fully saturated rings. The number of fused-ring (bicyclic) bond motifs is 3. The maximum Gasteiger partial charge on any atom is 0.236 e. The summed E-state index contributed by atoms with van der Waals surface area (Å²) in [5.41, 5.74) is 3.13. The number of hydrogen-bond donors (Lipinski definition) is 1. The number of benzene rings is 2. The van der Waals surface area contributed by atoms with Crippen molar-refractivity contribution in [1.82, 2.24) is 15.1 Å². The maximum atomic E-state index is 13.5. The number of para-hydroxylation sites is 1.